The molecule has 0 unspecified atom stereocenters. The van der Waals surface area contributed by atoms with Gasteiger partial charge >= 0.3 is 5.97 Å². The minimum Gasteiger partial charge on any atom is -0.493 e. The van der Waals surface area contributed by atoms with Crippen LogP contribution < -0.4 is 14.8 Å². The summed E-state index contributed by atoms with van der Waals surface area (Å²) in [7, 11) is 1.44. The van der Waals surface area contributed by atoms with Crippen LogP contribution in [-0.2, 0) is 4.79 Å². The van der Waals surface area contributed by atoms with Gasteiger partial charge in [0.15, 0.2) is 11.5 Å². The second kappa shape index (κ2) is 9.79. The van der Waals surface area contributed by atoms with Gasteiger partial charge in [-0.25, -0.2) is 4.79 Å². The third-order valence-corrected chi connectivity index (χ3v) is 5.22. The lowest BCUT2D eigenvalue weighted by Gasteiger charge is -2.29. The van der Waals surface area contributed by atoms with Crippen LogP contribution in [0, 0.1) is 17.2 Å². The van der Waals surface area contributed by atoms with Gasteiger partial charge in [0.2, 0.25) is 5.76 Å². The highest BCUT2D eigenvalue weighted by Gasteiger charge is 2.24. The summed E-state index contributed by atoms with van der Waals surface area (Å²) in [6.07, 6.45) is 7.12. The monoisotopic (exact) mass is 408 g/mol. The zero-order valence-corrected chi connectivity index (χ0v) is 17.0. The first kappa shape index (κ1) is 21.2. The number of methoxy groups -OCH3 is 1. The second-order valence-electron chi connectivity index (χ2n) is 7.29. The van der Waals surface area contributed by atoms with Crippen LogP contribution in [-0.4, -0.2) is 25.0 Å². The molecule has 0 spiro atoms. The maximum absolute atomic E-state index is 12.6. The number of amides is 1. The van der Waals surface area contributed by atoms with Crippen molar-refractivity contribution in [3.63, 3.8) is 0 Å². The quantitative estimate of drug-likeness (QED) is 0.334. The number of hydrogen-bond donors (Lipinski definition) is 1. The molecular weight excluding hydrogens is 384 g/mol. The third kappa shape index (κ3) is 5.09. The van der Waals surface area contributed by atoms with Crippen LogP contribution in [0.15, 0.2) is 46.6 Å². The molecule has 2 aromatic rings. The van der Waals surface area contributed by atoms with E-state index in [0.29, 0.717) is 17.2 Å². The maximum Gasteiger partial charge on any atom is 0.379 e. The Balaban J connectivity index is 1.75. The van der Waals surface area contributed by atoms with E-state index < -0.39 is 5.97 Å². The first-order valence-corrected chi connectivity index (χ1v) is 9.88. The molecule has 0 saturated heterocycles. The van der Waals surface area contributed by atoms with Crippen molar-refractivity contribution in [2.75, 3.05) is 7.11 Å². The van der Waals surface area contributed by atoms with E-state index in [1.807, 2.05) is 6.07 Å². The van der Waals surface area contributed by atoms with Gasteiger partial charge in [-0.15, -0.1) is 0 Å². The molecular formula is C23H24N2O5. The molecule has 0 aliphatic heterocycles. The number of rotatable bonds is 6. The van der Waals surface area contributed by atoms with Gasteiger partial charge in [0, 0.05) is 6.04 Å². The molecule has 1 aromatic carbocycles. The maximum atomic E-state index is 12.6. The molecule has 0 radical (unpaired) electrons. The Morgan fingerprint density at radius 3 is 2.70 bits per heavy atom. The molecule has 2 atom stereocenters. The molecule has 3 rings (SSSR count). The molecule has 7 nitrogen and oxygen atoms in total. The first-order chi connectivity index (χ1) is 14.5. The Morgan fingerprint density at radius 1 is 1.23 bits per heavy atom. The third-order valence-electron chi connectivity index (χ3n) is 5.22. The Morgan fingerprint density at radius 2 is 2.03 bits per heavy atom. The Labute approximate surface area is 175 Å². The summed E-state index contributed by atoms with van der Waals surface area (Å²) in [4.78, 5) is 24.7. The summed E-state index contributed by atoms with van der Waals surface area (Å²) in [5, 5.41) is 12.4. The van der Waals surface area contributed by atoms with Gasteiger partial charge in [-0.3, -0.25) is 4.79 Å². The molecule has 1 amide bonds. The molecule has 1 aliphatic carbocycles. The Bertz CT molecular complexity index is 972. The van der Waals surface area contributed by atoms with Crippen molar-refractivity contribution in [2.24, 2.45) is 5.92 Å². The van der Waals surface area contributed by atoms with Crippen molar-refractivity contribution in [3.8, 4) is 17.6 Å². The first-order valence-electron chi connectivity index (χ1n) is 9.88. The van der Waals surface area contributed by atoms with Gasteiger partial charge in [-0.1, -0.05) is 25.8 Å². The number of hydrogen-bond acceptors (Lipinski definition) is 6. The highest BCUT2D eigenvalue weighted by molar-refractivity contribution is 6.02. The number of benzene rings is 1. The molecule has 30 heavy (non-hydrogen) atoms. The smallest absolute Gasteiger partial charge is 0.379 e. The largest absolute Gasteiger partial charge is 0.493 e. The lowest BCUT2D eigenvalue weighted by molar-refractivity contribution is -0.118. The SMILES string of the molecule is COc1cc(/C=C(\C#N)C(=O)N[C@@H]2CCCC[C@H]2C)ccc1OC(=O)c1ccco1. The predicted octanol–water partition coefficient (Wildman–Crippen LogP) is 4.11. The van der Waals surface area contributed by atoms with E-state index in [9.17, 15) is 14.9 Å². The van der Waals surface area contributed by atoms with E-state index in [0.717, 1.165) is 19.3 Å². The van der Waals surface area contributed by atoms with Gasteiger partial charge in [-0.05, 0) is 54.7 Å². The standard InChI is InChI=1S/C23H24N2O5/c1-15-6-3-4-7-18(15)25-22(26)17(14-24)12-16-9-10-19(21(13-16)28-2)30-23(27)20-8-5-11-29-20/h5,8-13,15,18H,3-4,6-7H2,1-2H3,(H,25,26)/b17-12+/t15-,18-/m1/s1. The van der Waals surface area contributed by atoms with E-state index in [1.54, 1.807) is 24.3 Å². The minimum atomic E-state index is -0.653. The Kier molecular flexibility index (Phi) is 6.91. The summed E-state index contributed by atoms with van der Waals surface area (Å²) in [6.45, 7) is 2.12. The molecule has 0 bridgehead atoms. The average Bonchev–Trinajstić information content (AvgIpc) is 3.29. The van der Waals surface area contributed by atoms with Crippen LogP contribution in [0.2, 0.25) is 0 Å². The van der Waals surface area contributed by atoms with Gasteiger partial charge in [0.05, 0.1) is 13.4 Å². The number of nitriles is 1. The predicted molar refractivity (Wildman–Crippen MR) is 110 cm³/mol. The zero-order valence-electron chi connectivity index (χ0n) is 17.0. The van der Waals surface area contributed by atoms with Crippen molar-refractivity contribution < 1.29 is 23.5 Å². The molecule has 1 aromatic heterocycles. The lowest BCUT2D eigenvalue weighted by atomic mass is 9.86. The van der Waals surface area contributed by atoms with E-state index in [-0.39, 0.29) is 29.0 Å². The van der Waals surface area contributed by atoms with E-state index in [1.165, 1.54) is 31.9 Å². The van der Waals surface area contributed by atoms with E-state index in [2.05, 4.69) is 12.2 Å². The Hall–Kier alpha value is -3.53. The van der Waals surface area contributed by atoms with Crippen molar-refractivity contribution in [1.29, 1.82) is 5.26 Å². The van der Waals surface area contributed by atoms with Gasteiger partial charge in [0.25, 0.3) is 5.91 Å². The lowest BCUT2D eigenvalue weighted by Crippen LogP contribution is -2.41. The van der Waals surface area contributed by atoms with Crippen LogP contribution in [0.25, 0.3) is 6.08 Å². The van der Waals surface area contributed by atoms with Crippen LogP contribution in [0.4, 0.5) is 0 Å². The summed E-state index contributed by atoms with van der Waals surface area (Å²) in [5.74, 6) is -0.0756. The number of carbonyl (C=O) groups is 2. The van der Waals surface area contributed by atoms with Crippen molar-refractivity contribution in [3.05, 3.63) is 53.5 Å². The van der Waals surface area contributed by atoms with Crippen molar-refractivity contribution in [2.45, 2.75) is 38.6 Å². The van der Waals surface area contributed by atoms with Gasteiger partial charge in [0.1, 0.15) is 11.6 Å². The molecule has 1 aliphatic rings. The zero-order chi connectivity index (χ0) is 21.5. The molecule has 156 valence electrons. The molecule has 1 saturated carbocycles. The van der Waals surface area contributed by atoms with Gasteiger partial charge in [-0.2, -0.15) is 5.26 Å². The summed E-state index contributed by atoms with van der Waals surface area (Å²) in [5.41, 5.74) is 0.586. The van der Waals surface area contributed by atoms with Crippen LogP contribution in [0.3, 0.4) is 0 Å². The van der Waals surface area contributed by atoms with E-state index >= 15 is 0 Å². The molecule has 1 fully saturated rings. The van der Waals surface area contributed by atoms with E-state index in [4.69, 9.17) is 13.9 Å². The summed E-state index contributed by atoms with van der Waals surface area (Å²) < 4.78 is 15.6. The second-order valence-corrected chi connectivity index (χ2v) is 7.29. The number of esters is 1. The number of carbonyl (C=O) groups excluding carboxylic acids is 2. The van der Waals surface area contributed by atoms with Crippen LogP contribution >= 0.6 is 0 Å². The van der Waals surface area contributed by atoms with Gasteiger partial charge < -0.3 is 19.2 Å². The summed E-state index contributed by atoms with van der Waals surface area (Å²) >= 11 is 0. The van der Waals surface area contributed by atoms with Crippen molar-refractivity contribution in [1.82, 2.24) is 5.32 Å². The highest BCUT2D eigenvalue weighted by Crippen LogP contribution is 2.30. The van der Waals surface area contributed by atoms with Crippen molar-refractivity contribution >= 4 is 18.0 Å². The average molecular weight is 408 g/mol. The summed E-state index contributed by atoms with van der Waals surface area (Å²) in [6, 6.07) is 9.92. The fourth-order valence-electron chi connectivity index (χ4n) is 3.50. The minimum absolute atomic E-state index is 0.00940. The normalized spacial score (nSPS) is 18.9. The number of nitrogens with one attached hydrogen (secondary N) is 1. The number of nitrogens with zero attached hydrogens (tertiary/aromatic N) is 1. The number of furan rings is 1. The topological polar surface area (TPSA) is 102 Å². The molecule has 1 heterocycles. The number of ether oxygens (including phenoxy) is 2. The highest BCUT2D eigenvalue weighted by atomic mass is 16.6. The van der Waals surface area contributed by atoms with Crippen LogP contribution in [0.5, 0.6) is 11.5 Å². The van der Waals surface area contributed by atoms with Crippen LogP contribution in [0.1, 0.15) is 48.7 Å². The molecule has 1 N–H and O–H groups in total. The fourth-order valence-corrected chi connectivity index (χ4v) is 3.50. The fraction of sp³-hybridized carbons (Fsp3) is 0.348. The molecule has 7 heteroatoms.